The molecule has 0 spiro atoms. The molecule has 15 heavy (non-hydrogen) atoms. The third kappa shape index (κ3) is 3.74. The first-order chi connectivity index (χ1) is 7.11. The van der Waals surface area contributed by atoms with Crippen molar-refractivity contribution in [1.29, 1.82) is 0 Å². The molecule has 0 aromatic heterocycles. The Bertz CT molecular complexity index is 213. The fourth-order valence-corrected chi connectivity index (χ4v) is 1.77. The molecule has 2 atom stereocenters. The van der Waals surface area contributed by atoms with Gasteiger partial charge in [-0.05, 0) is 13.3 Å². The van der Waals surface area contributed by atoms with Crippen molar-refractivity contribution in [1.82, 2.24) is 5.32 Å². The van der Waals surface area contributed by atoms with Gasteiger partial charge in [0.25, 0.3) is 5.91 Å². The first-order valence-corrected chi connectivity index (χ1v) is 6.31. The van der Waals surface area contributed by atoms with E-state index in [1.54, 1.807) is 0 Å². The molecule has 1 heterocycles. The van der Waals surface area contributed by atoms with Crippen LogP contribution in [0.5, 0.6) is 0 Å². The van der Waals surface area contributed by atoms with Crippen LogP contribution in [-0.4, -0.2) is 42.7 Å². The Balaban J connectivity index is 2.46. The SMILES string of the molecule is CCC(C)(CBr)NC(=O)C1COCCO1. The second-order valence-electron chi connectivity index (χ2n) is 3.97. The number of carbonyl (C=O) groups excluding carboxylic acids is 1. The first kappa shape index (κ1) is 12.9. The molecule has 1 aliphatic heterocycles. The lowest BCUT2D eigenvalue weighted by atomic mass is 10.0. The molecule has 1 fully saturated rings. The van der Waals surface area contributed by atoms with Crippen LogP contribution >= 0.6 is 15.9 Å². The van der Waals surface area contributed by atoms with E-state index in [1.807, 2.05) is 13.8 Å². The van der Waals surface area contributed by atoms with Gasteiger partial charge in [0.2, 0.25) is 0 Å². The van der Waals surface area contributed by atoms with E-state index in [2.05, 4.69) is 21.2 Å². The maximum absolute atomic E-state index is 11.8. The molecule has 0 aliphatic carbocycles. The summed E-state index contributed by atoms with van der Waals surface area (Å²) in [5.41, 5.74) is -0.210. The van der Waals surface area contributed by atoms with Crippen molar-refractivity contribution >= 4 is 21.8 Å². The summed E-state index contributed by atoms with van der Waals surface area (Å²) in [4.78, 5) is 11.8. The minimum atomic E-state index is -0.455. The molecule has 0 aromatic rings. The molecule has 1 saturated heterocycles. The number of amides is 1. The lowest BCUT2D eigenvalue weighted by Gasteiger charge is -2.30. The molecule has 5 heteroatoms. The molecule has 2 unspecified atom stereocenters. The molecule has 0 radical (unpaired) electrons. The number of carbonyl (C=O) groups is 1. The molecular weight excluding hydrogens is 262 g/mol. The predicted octanol–water partition coefficient (Wildman–Crippen LogP) is 1.08. The molecule has 1 N–H and O–H groups in total. The number of alkyl halides is 1. The summed E-state index contributed by atoms with van der Waals surface area (Å²) in [6.45, 7) is 5.47. The van der Waals surface area contributed by atoms with E-state index < -0.39 is 6.10 Å². The molecule has 4 nitrogen and oxygen atoms in total. The zero-order chi connectivity index (χ0) is 11.3. The Labute approximate surface area is 98.8 Å². The maximum Gasteiger partial charge on any atom is 0.251 e. The van der Waals surface area contributed by atoms with Gasteiger partial charge in [0.05, 0.1) is 19.8 Å². The number of hydrogen-bond donors (Lipinski definition) is 1. The Morgan fingerprint density at radius 1 is 1.60 bits per heavy atom. The molecular formula is C10H18BrNO3. The summed E-state index contributed by atoms with van der Waals surface area (Å²) in [5.74, 6) is -0.0847. The highest BCUT2D eigenvalue weighted by atomic mass is 79.9. The van der Waals surface area contributed by atoms with Crippen LogP contribution in [0, 0.1) is 0 Å². The highest BCUT2D eigenvalue weighted by molar-refractivity contribution is 9.09. The lowest BCUT2D eigenvalue weighted by molar-refractivity contribution is -0.149. The van der Waals surface area contributed by atoms with Crippen molar-refractivity contribution < 1.29 is 14.3 Å². The van der Waals surface area contributed by atoms with E-state index in [1.165, 1.54) is 0 Å². The number of hydrogen-bond acceptors (Lipinski definition) is 3. The number of ether oxygens (including phenoxy) is 2. The minimum Gasteiger partial charge on any atom is -0.376 e. The van der Waals surface area contributed by atoms with E-state index >= 15 is 0 Å². The summed E-state index contributed by atoms with van der Waals surface area (Å²) in [5, 5.41) is 3.70. The van der Waals surface area contributed by atoms with Gasteiger partial charge in [-0.2, -0.15) is 0 Å². The second-order valence-corrected chi connectivity index (χ2v) is 4.53. The van der Waals surface area contributed by atoms with Crippen molar-refractivity contribution in [2.45, 2.75) is 31.9 Å². The van der Waals surface area contributed by atoms with Crippen LogP contribution in [0.2, 0.25) is 0 Å². The van der Waals surface area contributed by atoms with Crippen molar-refractivity contribution in [3.05, 3.63) is 0 Å². The van der Waals surface area contributed by atoms with Crippen LogP contribution in [-0.2, 0) is 14.3 Å². The average molecular weight is 280 g/mol. The Morgan fingerprint density at radius 2 is 2.33 bits per heavy atom. The van der Waals surface area contributed by atoms with Crippen molar-refractivity contribution in [2.75, 3.05) is 25.2 Å². The van der Waals surface area contributed by atoms with Crippen molar-refractivity contribution in [3.63, 3.8) is 0 Å². The van der Waals surface area contributed by atoms with Gasteiger partial charge in [-0.15, -0.1) is 0 Å². The van der Waals surface area contributed by atoms with E-state index in [4.69, 9.17) is 9.47 Å². The fraction of sp³-hybridized carbons (Fsp3) is 0.900. The van der Waals surface area contributed by atoms with E-state index in [0.717, 1.165) is 11.8 Å². The normalized spacial score (nSPS) is 25.7. The van der Waals surface area contributed by atoms with Gasteiger partial charge in [-0.1, -0.05) is 22.9 Å². The molecule has 1 amide bonds. The van der Waals surface area contributed by atoms with E-state index in [0.29, 0.717) is 19.8 Å². The van der Waals surface area contributed by atoms with Crippen LogP contribution < -0.4 is 5.32 Å². The van der Waals surface area contributed by atoms with Gasteiger partial charge in [0, 0.05) is 10.9 Å². The second kappa shape index (κ2) is 5.82. The van der Waals surface area contributed by atoms with Gasteiger partial charge < -0.3 is 14.8 Å². The lowest BCUT2D eigenvalue weighted by Crippen LogP contribution is -2.53. The first-order valence-electron chi connectivity index (χ1n) is 5.18. The number of halogens is 1. The van der Waals surface area contributed by atoms with Crippen molar-refractivity contribution in [2.24, 2.45) is 0 Å². The number of rotatable bonds is 4. The van der Waals surface area contributed by atoms with Crippen LogP contribution in [0.15, 0.2) is 0 Å². The molecule has 1 rings (SSSR count). The Hall–Kier alpha value is -0.130. The zero-order valence-electron chi connectivity index (χ0n) is 9.22. The quantitative estimate of drug-likeness (QED) is 0.784. The van der Waals surface area contributed by atoms with Crippen LogP contribution in [0.25, 0.3) is 0 Å². The smallest absolute Gasteiger partial charge is 0.251 e. The van der Waals surface area contributed by atoms with Crippen LogP contribution in [0.1, 0.15) is 20.3 Å². The summed E-state index contributed by atoms with van der Waals surface area (Å²) >= 11 is 3.40. The average Bonchev–Trinajstić information content (AvgIpc) is 2.30. The molecule has 0 saturated carbocycles. The van der Waals surface area contributed by atoms with E-state index in [-0.39, 0.29) is 11.4 Å². The third-order valence-corrected chi connectivity index (χ3v) is 3.85. The molecule has 88 valence electrons. The largest absolute Gasteiger partial charge is 0.376 e. The highest BCUT2D eigenvalue weighted by Crippen LogP contribution is 2.13. The topological polar surface area (TPSA) is 47.6 Å². The third-order valence-electron chi connectivity index (χ3n) is 2.61. The van der Waals surface area contributed by atoms with Gasteiger partial charge in [0.1, 0.15) is 0 Å². The monoisotopic (exact) mass is 279 g/mol. The zero-order valence-corrected chi connectivity index (χ0v) is 10.8. The highest BCUT2D eigenvalue weighted by Gasteiger charge is 2.29. The van der Waals surface area contributed by atoms with E-state index in [9.17, 15) is 4.79 Å². The van der Waals surface area contributed by atoms with Crippen LogP contribution in [0.3, 0.4) is 0 Å². The van der Waals surface area contributed by atoms with Crippen LogP contribution in [0.4, 0.5) is 0 Å². The summed E-state index contributed by atoms with van der Waals surface area (Å²) in [6.07, 6.45) is 0.418. The summed E-state index contributed by atoms with van der Waals surface area (Å²) < 4.78 is 10.5. The summed E-state index contributed by atoms with van der Waals surface area (Å²) in [6, 6.07) is 0. The summed E-state index contributed by atoms with van der Waals surface area (Å²) in [7, 11) is 0. The maximum atomic E-state index is 11.8. The molecule has 0 bridgehead atoms. The Kier molecular flexibility index (Phi) is 5.02. The van der Waals surface area contributed by atoms with Gasteiger partial charge in [-0.3, -0.25) is 4.79 Å². The predicted molar refractivity (Wildman–Crippen MR) is 61.2 cm³/mol. The van der Waals surface area contributed by atoms with Crippen molar-refractivity contribution in [3.8, 4) is 0 Å². The van der Waals surface area contributed by atoms with Gasteiger partial charge in [-0.25, -0.2) is 0 Å². The molecule has 0 aromatic carbocycles. The Morgan fingerprint density at radius 3 is 2.80 bits per heavy atom. The molecule has 1 aliphatic rings. The standard InChI is InChI=1S/C10H18BrNO3/c1-3-10(2,7-11)12-9(13)8-6-14-4-5-15-8/h8H,3-7H2,1-2H3,(H,12,13). The van der Waals surface area contributed by atoms with Gasteiger partial charge >= 0.3 is 0 Å². The number of nitrogens with one attached hydrogen (secondary N) is 1. The fourth-order valence-electron chi connectivity index (χ4n) is 1.23. The minimum absolute atomic E-state index is 0.0847. The van der Waals surface area contributed by atoms with Gasteiger partial charge in [0.15, 0.2) is 6.10 Å².